The summed E-state index contributed by atoms with van der Waals surface area (Å²) >= 11 is 3.15. The number of amides is 1. The predicted octanol–water partition coefficient (Wildman–Crippen LogP) is 0.427. The van der Waals surface area contributed by atoms with Gasteiger partial charge in [-0.25, -0.2) is 0 Å². The largest absolute Gasteiger partial charge is 0.468 e. The van der Waals surface area contributed by atoms with Gasteiger partial charge in [-0.15, -0.1) is 0 Å². The molecule has 0 aromatic heterocycles. The van der Waals surface area contributed by atoms with E-state index in [4.69, 9.17) is 0 Å². The highest BCUT2D eigenvalue weighted by Gasteiger charge is 2.16. The Labute approximate surface area is 104 Å². The average Bonchev–Trinajstić information content (AvgIpc) is 2.13. The van der Waals surface area contributed by atoms with Crippen molar-refractivity contribution < 1.29 is 14.3 Å². The van der Waals surface area contributed by atoms with Gasteiger partial charge in [-0.3, -0.25) is 9.59 Å². The molecule has 0 aliphatic heterocycles. The molecule has 6 heteroatoms. The third kappa shape index (κ3) is 7.64. The summed E-state index contributed by atoms with van der Waals surface area (Å²) in [7, 11) is 1.32. The predicted molar refractivity (Wildman–Crippen MR) is 65.5 cm³/mol. The molecule has 0 spiro atoms. The van der Waals surface area contributed by atoms with Crippen LogP contribution in [-0.4, -0.2) is 42.4 Å². The molecule has 0 aliphatic carbocycles. The Bertz CT molecular complexity index is 251. The molecule has 0 aromatic rings. The second-order valence-electron chi connectivity index (χ2n) is 4.42. The summed E-state index contributed by atoms with van der Waals surface area (Å²) in [6, 6.07) is 0. The van der Waals surface area contributed by atoms with Crippen molar-refractivity contribution in [1.82, 2.24) is 10.6 Å². The van der Waals surface area contributed by atoms with Gasteiger partial charge >= 0.3 is 5.97 Å². The number of alkyl halides is 1. The van der Waals surface area contributed by atoms with Crippen LogP contribution < -0.4 is 10.6 Å². The van der Waals surface area contributed by atoms with E-state index in [2.05, 4.69) is 31.3 Å². The number of rotatable bonds is 5. The normalized spacial score (nSPS) is 13.1. The molecule has 0 bridgehead atoms. The first-order valence-corrected chi connectivity index (χ1v) is 5.91. The van der Waals surface area contributed by atoms with Crippen molar-refractivity contribution in [2.24, 2.45) is 0 Å². The van der Waals surface area contributed by atoms with Gasteiger partial charge in [-0.2, -0.15) is 0 Å². The van der Waals surface area contributed by atoms with Gasteiger partial charge in [0, 0.05) is 12.1 Å². The van der Waals surface area contributed by atoms with Crippen LogP contribution in [0.5, 0.6) is 0 Å². The van der Waals surface area contributed by atoms with Crippen LogP contribution in [0.4, 0.5) is 0 Å². The first-order valence-electron chi connectivity index (χ1n) is 5.00. The number of ether oxygens (including phenoxy) is 1. The average molecular weight is 295 g/mol. The molecular formula is C10H19BrN2O3. The van der Waals surface area contributed by atoms with E-state index in [0.717, 1.165) is 0 Å². The van der Waals surface area contributed by atoms with E-state index in [9.17, 15) is 9.59 Å². The van der Waals surface area contributed by atoms with Gasteiger partial charge in [0.1, 0.15) is 4.83 Å². The van der Waals surface area contributed by atoms with Crippen molar-refractivity contribution in [2.45, 2.75) is 31.1 Å². The summed E-state index contributed by atoms with van der Waals surface area (Å²) in [5.74, 6) is -0.458. The quantitative estimate of drug-likeness (QED) is 0.570. The van der Waals surface area contributed by atoms with Crippen molar-refractivity contribution in [3.05, 3.63) is 0 Å². The molecular weight excluding hydrogens is 276 g/mol. The summed E-state index contributed by atoms with van der Waals surface area (Å²) in [4.78, 5) is 22.0. The van der Waals surface area contributed by atoms with E-state index in [0.29, 0.717) is 6.54 Å². The van der Waals surface area contributed by atoms with Crippen LogP contribution in [0, 0.1) is 0 Å². The minimum Gasteiger partial charge on any atom is -0.468 e. The monoisotopic (exact) mass is 294 g/mol. The smallest absolute Gasteiger partial charge is 0.320 e. The number of hydrogen-bond acceptors (Lipinski definition) is 4. The number of halogens is 1. The third-order valence-electron chi connectivity index (χ3n) is 1.58. The molecule has 1 amide bonds. The molecule has 16 heavy (non-hydrogen) atoms. The molecule has 94 valence electrons. The van der Waals surface area contributed by atoms with Crippen LogP contribution >= 0.6 is 15.9 Å². The zero-order valence-electron chi connectivity index (χ0n) is 10.1. The SMILES string of the molecule is COC(=O)C(Br)CNCC(=O)NC(C)(C)C. The fraction of sp³-hybridized carbons (Fsp3) is 0.800. The maximum absolute atomic E-state index is 11.4. The molecule has 0 saturated heterocycles. The minimum atomic E-state index is -0.431. The number of hydrogen-bond donors (Lipinski definition) is 2. The van der Waals surface area contributed by atoms with Gasteiger partial charge in [0.15, 0.2) is 0 Å². The van der Waals surface area contributed by atoms with Gasteiger partial charge in [0.2, 0.25) is 5.91 Å². The number of methoxy groups -OCH3 is 1. The van der Waals surface area contributed by atoms with Crippen LogP contribution in [0.15, 0.2) is 0 Å². The molecule has 0 aliphatic rings. The molecule has 0 fully saturated rings. The number of esters is 1. The highest BCUT2D eigenvalue weighted by atomic mass is 79.9. The van der Waals surface area contributed by atoms with Crippen molar-refractivity contribution in [3.63, 3.8) is 0 Å². The molecule has 1 unspecified atom stereocenters. The Morgan fingerprint density at radius 1 is 1.38 bits per heavy atom. The zero-order valence-corrected chi connectivity index (χ0v) is 11.7. The molecule has 1 atom stereocenters. The first kappa shape index (κ1) is 15.4. The summed E-state index contributed by atoms with van der Waals surface area (Å²) in [6.07, 6.45) is 0. The lowest BCUT2D eigenvalue weighted by Gasteiger charge is -2.20. The molecule has 0 radical (unpaired) electrons. The van der Waals surface area contributed by atoms with E-state index >= 15 is 0 Å². The number of carbonyl (C=O) groups is 2. The van der Waals surface area contributed by atoms with Crippen molar-refractivity contribution in [1.29, 1.82) is 0 Å². The lowest BCUT2D eigenvalue weighted by Crippen LogP contribution is -2.45. The van der Waals surface area contributed by atoms with E-state index < -0.39 is 4.83 Å². The Balaban J connectivity index is 3.74. The molecule has 0 aromatic carbocycles. The molecule has 0 saturated carbocycles. The Morgan fingerprint density at radius 2 is 1.94 bits per heavy atom. The highest BCUT2D eigenvalue weighted by Crippen LogP contribution is 2.00. The van der Waals surface area contributed by atoms with Gasteiger partial charge in [0.25, 0.3) is 0 Å². The molecule has 2 N–H and O–H groups in total. The maximum Gasteiger partial charge on any atom is 0.320 e. The standard InChI is InChI=1S/C10H19BrN2O3/c1-10(2,3)13-8(14)6-12-5-7(11)9(15)16-4/h7,12H,5-6H2,1-4H3,(H,13,14). The topological polar surface area (TPSA) is 67.4 Å². The van der Waals surface area contributed by atoms with Crippen LogP contribution in [0.3, 0.4) is 0 Å². The van der Waals surface area contributed by atoms with E-state index in [1.54, 1.807) is 0 Å². The summed E-state index contributed by atoms with van der Waals surface area (Å²) in [6.45, 7) is 6.26. The summed E-state index contributed by atoms with van der Waals surface area (Å²) in [5.41, 5.74) is -0.241. The number of carbonyl (C=O) groups excluding carboxylic acids is 2. The second kappa shape index (κ2) is 6.85. The van der Waals surface area contributed by atoms with Crippen LogP contribution in [0.2, 0.25) is 0 Å². The van der Waals surface area contributed by atoms with Crippen LogP contribution in [0.25, 0.3) is 0 Å². The summed E-state index contributed by atoms with van der Waals surface area (Å²) in [5, 5.41) is 5.67. The fourth-order valence-electron chi connectivity index (χ4n) is 0.986. The van der Waals surface area contributed by atoms with E-state index in [1.165, 1.54) is 7.11 Å². The maximum atomic E-state index is 11.4. The van der Waals surface area contributed by atoms with Gasteiger partial charge < -0.3 is 15.4 Å². The van der Waals surface area contributed by atoms with Crippen molar-refractivity contribution in [3.8, 4) is 0 Å². The van der Waals surface area contributed by atoms with Crippen LogP contribution in [-0.2, 0) is 14.3 Å². The Kier molecular flexibility index (Phi) is 6.59. The van der Waals surface area contributed by atoms with Crippen molar-refractivity contribution in [2.75, 3.05) is 20.2 Å². The lowest BCUT2D eigenvalue weighted by molar-refractivity contribution is -0.139. The van der Waals surface area contributed by atoms with Gasteiger partial charge in [-0.05, 0) is 20.8 Å². The molecule has 0 rings (SSSR count). The first-order chi connectivity index (χ1) is 7.26. The van der Waals surface area contributed by atoms with E-state index in [-0.39, 0.29) is 24.0 Å². The molecule has 0 heterocycles. The minimum absolute atomic E-state index is 0.0999. The Morgan fingerprint density at radius 3 is 2.38 bits per heavy atom. The van der Waals surface area contributed by atoms with Gasteiger partial charge in [0.05, 0.1) is 13.7 Å². The van der Waals surface area contributed by atoms with Crippen molar-refractivity contribution >= 4 is 27.8 Å². The molecule has 5 nitrogen and oxygen atoms in total. The second-order valence-corrected chi connectivity index (χ2v) is 5.53. The highest BCUT2D eigenvalue weighted by molar-refractivity contribution is 9.10. The summed E-state index contributed by atoms with van der Waals surface area (Å²) < 4.78 is 4.52. The van der Waals surface area contributed by atoms with Gasteiger partial charge in [-0.1, -0.05) is 15.9 Å². The number of nitrogens with one attached hydrogen (secondary N) is 2. The van der Waals surface area contributed by atoms with Crippen LogP contribution in [0.1, 0.15) is 20.8 Å². The third-order valence-corrected chi connectivity index (χ3v) is 2.28. The van der Waals surface area contributed by atoms with E-state index in [1.807, 2.05) is 20.8 Å². The zero-order chi connectivity index (χ0) is 12.8. The fourth-order valence-corrected chi connectivity index (χ4v) is 1.40. The lowest BCUT2D eigenvalue weighted by atomic mass is 10.1. The Hall–Kier alpha value is -0.620.